The van der Waals surface area contributed by atoms with Crippen molar-refractivity contribution in [3.8, 4) is 0 Å². The summed E-state index contributed by atoms with van der Waals surface area (Å²) in [6, 6.07) is 8.90. The molecule has 4 rings (SSSR count). The first kappa shape index (κ1) is 18.7. The molecule has 1 atom stereocenters. The first-order valence-electron chi connectivity index (χ1n) is 9.55. The van der Waals surface area contributed by atoms with Crippen LogP contribution in [0.15, 0.2) is 47.1 Å². The summed E-state index contributed by atoms with van der Waals surface area (Å²) in [6.45, 7) is 0. The van der Waals surface area contributed by atoms with Crippen molar-refractivity contribution in [1.82, 2.24) is 4.90 Å². The van der Waals surface area contributed by atoms with E-state index in [1.54, 1.807) is 41.3 Å². The second-order valence-corrected chi connectivity index (χ2v) is 7.68. The third kappa shape index (κ3) is 3.44. The zero-order valence-corrected chi connectivity index (χ0v) is 16.1. The maximum Gasteiger partial charge on any atom is 0.290 e. The summed E-state index contributed by atoms with van der Waals surface area (Å²) in [4.78, 5) is 41.8. The Morgan fingerprint density at radius 2 is 1.79 bits per heavy atom. The molecule has 0 radical (unpaired) electrons. The Hall–Kier alpha value is -2.60. The van der Waals surface area contributed by atoms with Gasteiger partial charge in [-0.05, 0) is 49.2 Å². The van der Waals surface area contributed by atoms with Gasteiger partial charge in [-0.25, -0.2) is 4.90 Å². The van der Waals surface area contributed by atoms with Crippen LogP contribution in [0, 0.1) is 0 Å². The highest BCUT2D eigenvalue weighted by atomic mass is 35.5. The molecule has 1 saturated carbocycles. The predicted molar refractivity (Wildman–Crippen MR) is 104 cm³/mol. The number of furan rings is 1. The summed E-state index contributed by atoms with van der Waals surface area (Å²) >= 11 is 5.92. The van der Waals surface area contributed by atoms with Gasteiger partial charge in [-0.3, -0.25) is 14.4 Å². The molecule has 7 heteroatoms. The van der Waals surface area contributed by atoms with Crippen molar-refractivity contribution in [3.63, 3.8) is 0 Å². The summed E-state index contributed by atoms with van der Waals surface area (Å²) in [6.07, 6.45) is 6.19. The number of benzene rings is 1. The third-order valence-electron chi connectivity index (χ3n) is 5.48. The van der Waals surface area contributed by atoms with E-state index in [1.165, 1.54) is 6.26 Å². The quantitative estimate of drug-likeness (QED) is 0.726. The molecule has 2 aromatic rings. The van der Waals surface area contributed by atoms with Crippen LogP contribution in [-0.4, -0.2) is 34.7 Å². The van der Waals surface area contributed by atoms with Gasteiger partial charge < -0.3 is 9.32 Å². The average Bonchev–Trinajstić information content (AvgIpc) is 3.33. The zero-order valence-electron chi connectivity index (χ0n) is 15.3. The van der Waals surface area contributed by atoms with Crippen LogP contribution in [0.5, 0.6) is 0 Å². The van der Waals surface area contributed by atoms with Crippen LogP contribution in [0.4, 0.5) is 5.69 Å². The van der Waals surface area contributed by atoms with Gasteiger partial charge in [-0.15, -0.1) is 0 Å². The van der Waals surface area contributed by atoms with E-state index in [0.29, 0.717) is 10.7 Å². The first-order valence-corrected chi connectivity index (χ1v) is 9.92. The molecule has 1 unspecified atom stereocenters. The molecule has 1 aromatic carbocycles. The number of halogens is 1. The molecule has 1 aliphatic carbocycles. The number of amides is 3. The van der Waals surface area contributed by atoms with Crippen molar-refractivity contribution < 1.29 is 18.8 Å². The SMILES string of the molecule is O=C1CC(N(C(=O)c2ccco2)C2CCCCC2)C(=O)N1c1ccc(Cl)cc1. The second kappa shape index (κ2) is 7.80. The van der Waals surface area contributed by atoms with Crippen LogP contribution in [-0.2, 0) is 9.59 Å². The lowest BCUT2D eigenvalue weighted by molar-refractivity contribution is -0.123. The van der Waals surface area contributed by atoms with E-state index in [2.05, 4.69) is 0 Å². The summed E-state index contributed by atoms with van der Waals surface area (Å²) in [5, 5.41) is 0.524. The monoisotopic (exact) mass is 400 g/mol. The normalized spacial score (nSPS) is 20.6. The molecule has 1 aromatic heterocycles. The number of carbonyl (C=O) groups excluding carboxylic acids is 3. The molecular weight excluding hydrogens is 380 g/mol. The van der Waals surface area contributed by atoms with Gasteiger partial charge in [0, 0.05) is 11.1 Å². The highest BCUT2D eigenvalue weighted by Gasteiger charge is 2.47. The van der Waals surface area contributed by atoms with Crippen LogP contribution in [0.3, 0.4) is 0 Å². The van der Waals surface area contributed by atoms with Gasteiger partial charge in [-0.2, -0.15) is 0 Å². The van der Waals surface area contributed by atoms with Gasteiger partial charge in [0.1, 0.15) is 6.04 Å². The van der Waals surface area contributed by atoms with Crippen molar-refractivity contribution in [2.24, 2.45) is 0 Å². The highest BCUT2D eigenvalue weighted by Crippen LogP contribution is 2.32. The molecule has 2 heterocycles. The molecule has 0 spiro atoms. The van der Waals surface area contributed by atoms with Crippen LogP contribution < -0.4 is 4.90 Å². The van der Waals surface area contributed by atoms with Gasteiger partial charge in [0.05, 0.1) is 18.4 Å². The summed E-state index contributed by atoms with van der Waals surface area (Å²) in [7, 11) is 0. The van der Waals surface area contributed by atoms with Gasteiger partial charge >= 0.3 is 0 Å². The van der Waals surface area contributed by atoms with Gasteiger partial charge in [-0.1, -0.05) is 30.9 Å². The van der Waals surface area contributed by atoms with Crippen molar-refractivity contribution >= 4 is 35.0 Å². The molecule has 0 N–H and O–H groups in total. The molecule has 6 nitrogen and oxygen atoms in total. The average molecular weight is 401 g/mol. The number of anilines is 1. The van der Waals surface area contributed by atoms with E-state index in [9.17, 15) is 14.4 Å². The molecule has 0 bridgehead atoms. The molecule has 146 valence electrons. The molecule has 28 heavy (non-hydrogen) atoms. The predicted octanol–water partition coefficient (Wildman–Crippen LogP) is 4.04. The molecule has 3 amide bonds. The summed E-state index contributed by atoms with van der Waals surface area (Å²) in [5.41, 5.74) is 0.468. The Kier molecular flexibility index (Phi) is 5.22. The second-order valence-electron chi connectivity index (χ2n) is 7.25. The fraction of sp³-hybridized carbons (Fsp3) is 0.381. The van der Waals surface area contributed by atoms with Gasteiger partial charge in [0.2, 0.25) is 5.91 Å². The highest BCUT2D eigenvalue weighted by molar-refractivity contribution is 6.31. The lowest BCUT2D eigenvalue weighted by Gasteiger charge is -2.36. The van der Waals surface area contributed by atoms with Crippen molar-refractivity contribution in [3.05, 3.63) is 53.4 Å². The van der Waals surface area contributed by atoms with E-state index in [0.717, 1.165) is 37.0 Å². The topological polar surface area (TPSA) is 70.8 Å². The zero-order chi connectivity index (χ0) is 19.7. The van der Waals surface area contributed by atoms with E-state index in [-0.39, 0.29) is 35.9 Å². The van der Waals surface area contributed by atoms with Crippen LogP contribution >= 0.6 is 11.6 Å². The Labute approximate surface area is 168 Å². The third-order valence-corrected chi connectivity index (χ3v) is 5.73. The van der Waals surface area contributed by atoms with E-state index < -0.39 is 6.04 Å². The van der Waals surface area contributed by atoms with E-state index >= 15 is 0 Å². The molecule has 1 aliphatic heterocycles. The van der Waals surface area contributed by atoms with Crippen LogP contribution in [0.2, 0.25) is 5.02 Å². The standard InChI is InChI=1S/C21H21ClN2O4/c22-14-8-10-16(11-9-14)24-19(25)13-17(20(24)26)23(15-5-2-1-3-6-15)21(27)18-7-4-12-28-18/h4,7-12,15,17H,1-3,5-6,13H2. The number of rotatable bonds is 4. The maximum atomic E-state index is 13.2. The molecular formula is C21H21ClN2O4. The number of hydrogen-bond acceptors (Lipinski definition) is 4. The Bertz CT molecular complexity index is 872. The largest absolute Gasteiger partial charge is 0.459 e. The fourth-order valence-electron chi connectivity index (χ4n) is 4.14. The lowest BCUT2D eigenvalue weighted by atomic mass is 9.92. The number of carbonyl (C=O) groups is 3. The first-order chi connectivity index (χ1) is 13.6. The van der Waals surface area contributed by atoms with E-state index in [1.807, 2.05) is 0 Å². The summed E-state index contributed by atoms with van der Waals surface area (Å²) in [5.74, 6) is -0.833. The Morgan fingerprint density at radius 3 is 2.43 bits per heavy atom. The molecule has 1 saturated heterocycles. The summed E-state index contributed by atoms with van der Waals surface area (Å²) < 4.78 is 5.30. The number of nitrogens with zero attached hydrogens (tertiary/aromatic N) is 2. The van der Waals surface area contributed by atoms with Crippen LogP contribution in [0.25, 0.3) is 0 Å². The molecule has 2 aliphatic rings. The van der Waals surface area contributed by atoms with Crippen LogP contribution in [0.1, 0.15) is 49.1 Å². The maximum absolute atomic E-state index is 13.2. The van der Waals surface area contributed by atoms with Gasteiger partial charge in [0.15, 0.2) is 5.76 Å². The van der Waals surface area contributed by atoms with Crippen molar-refractivity contribution in [2.75, 3.05) is 4.90 Å². The smallest absolute Gasteiger partial charge is 0.290 e. The van der Waals surface area contributed by atoms with E-state index in [4.69, 9.17) is 16.0 Å². The van der Waals surface area contributed by atoms with Gasteiger partial charge in [0.25, 0.3) is 11.8 Å². The minimum absolute atomic E-state index is 0.0234. The van der Waals surface area contributed by atoms with Crippen molar-refractivity contribution in [2.45, 2.75) is 50.6 Å². The molecule has 2 fully saturated rings. The number of hydrogen-bond donors (Lipinski definition) is 0. The Morgan fingerprint density at radius 1 is 1.07 bits per heavy atom. The Balaban J connectivity index is 1.66. The minimum atomic E-state index is -0.816. The lowest BCUT2D eigenvalue weighted by Crippen LogP contribution is -2.51. The minimum Gasteiger partial charge on any atom is -0.459 e. The van der Waals surface area contributed by atoms with Crippen molar-refractivity contribution in [1.29, 1.82) is 0 Å². The number of imide groups is 1. The fourth-order valence-corrected chi connectivity index (χ4v) is 4.27.